The number of anilines is 1. The molecule has 2 aromatic heterocycles. The van der Waals surface area contributed by atoms with Crippen LogP contribution in [0.3, 0.4) is 0 Å². The van der Waals surface area contributed by atoms with Gasteiger partial charge in [-0.1, -0.05) is 5.57 Å². The summed E-state index contributed by atoms with van der Waals surface area (Å²) >= 11 is 0. The van der Waals surface area contributed by atoms with Gasteiger partial charge in [0.2, 0.25) is 0 Å². The molecule has 1 aliphatic heterocycles. The van der Waals surface area contributed by atoms with Crippen LogP contribution in [0.15, 0.2) is 23.9 Å². The molecule has 1 unspecified atom stereocenters. The van der Waals surface area contributed by atoms with Crippen LogP contribution in [0.5, 0.6) is 5.75 Å². The number of aromatic nitrogens is 3. The summed E-state index contributed by atoms with van der Waals surface area (Å²) in [6, 6.07) is 3.11. The van der Waals surface area contributed by atoms with E-state index in [0.29, 0.717) is 24.9 Å². The second-order valence-electron chi connectivity index (χ2n) is 8.38. The number of hydrogen-bond donors (Lipinski definition) is 1. The molecule has 0 amide bonds. The van der Waals surface area contributed by atoms with E-state index in [1.807, 2.05) is 0 Å². The van der Waals surface area contributed by atoms with Crippen molar-refractivity contribution >= 4 is 11.4 Å². The Hall–Kier alpha value is -2.73. The van der Waals surface area contributed by atoms with Crippen molar-refractivity contribution in [2.75, 3.05) is 32.0 Å². The van der Waals surface area contributed by atoms with E-state index in [4.69, 9.17) is 10.5 Å². The Bertz CT molecular complexity index is 1080. The molecule has 33 heavy (non-hydrogen) atoms. The van der Waals surface area contributed by atoms with Crippen molar-refractivity contribution in [3.8, 4) is 17.0 Å². The van der Waals surface area contributed by atoms with Gasteiger partial charge < -0.3 is 15.2 Å². The topological polar surface area (TPSA) is 78.4 Å². The lowest BCUT2D eigenvalue weighted by Gasteiger charge is -2.32. The molecule has 3 aliphatic rings. The highest BCUT2D eigenvalue weighted by atomic mass is 19.4. The van der Waals surface area contributed by atoms with Crippen molar-refractivity contribution in [2.24, 2.45) is 5.92 Å². The predicted octanol–water partition coefficient (Wildman–Crippen LogP) is 3.57. The van der Waals surface area contributed by atoms with E-state index in [-0.39, 0.29) is 17.2 Å². The Balaban J connectivity index is 1.42. The molecule has 12 heteroatoms. The second-order valence-corrected chi connectivity index (χ2v) is 8.38. The van der Waals surface area contributed by atoms with Crippen LogP contribution in [-0.2, 0) is 11.3 Å². The number of nitrogen functional groups attached to an aromatic ring is 1. The summed E-state index contributed by atoms with van der Waals surface area (Å²) in [5, 5.41) is 4.24. The van der Waals surface area contributed by atoms with Crippen molar-refractivity contribution in [3.05, 3.63) is 29.6 Å². The van der Waals surface area contributed by atoms with E-state index in [9.17, 15) is 22.0 Å². The summed E-state index contributed by atoms with van der Waals surface area (Å²) in [6.45, 7) is 2.60. The van der Waals surface area contributed by atoms with Crippen molar-refractivity contribution in [1.29, 1.82) is 0 Å². The van der Waals surface area contributed by atoms with Gasteiger partial charge in [-0.05, 0) is 30.5 Å². The van der Waals surface area contributed by atoms with Crippen molar-refractivity contribution in [2.45, 2.75) is 38.2 Å². The van der Waals surface area contributed by atoms with E-state index in [1.165, 1.54) is 16.5 Å². The fourth-order valence-corrected chi connectivity index (χ4v) is 4.85. The zero-order valence-corrected chi connectivity index (χ0v) is 17.5. The monoisotopic (exact) mass is 471 g/mol. The first-order valence-corrected chi connectivity index (χ1v) is 10.6. The number of rotatable bonds is 6. The number of alkyl halides is 5. The van der Waals surface area contributed by atoms with Crippen LogP contribution in [0.1, 0.15) is 18.5 Å². The van der Waals surface area contributed by atoms with Gasteiger partial charge in [-0.25, -0.2) is 13.8 Å². The minimum absolute atomic E-state index is 0.195. The van der Waals surface area contributed by atoms with Crippen molar-refractivity contribution in [3.63, 3.8) is 0 Å². The lowest BCUT2D eigenvalue weighted by molar-refractivity contribution is -0.274. The van der Waals surface area contributed by atoms with Gasteiger partial charge in [-0.2, -0.15) is 5.10 Å². The number of fused-ring (bicyclic) bond motifs is 1. The molecule has 7 nitrogen and oxygen atoms in total. The smallest absolute Gasteiger partial charge is 0.402 e. The summed E-state index contributed by atoms with van der Waals surface area (Å²) in [5.74, 6) is -0.866. The second kappa shape index (κ2) is 8.24. The third kappa shape index (κ3) is 4.54. The summed E-state index contributed by atoms with van der Waals surface area (Å²) in [7, 11) is 0. The van der Waals surface area contributed by atoms with Gasteiger partial charge >= 0.3 is 6.36 Å². The maximum atomic E-state index is 13.2. The molecular formula is C21H22F5N5O2. The molecule has 2 aromatic rings. The largest absolute Gasteiger partial charge is 0.573 e. The molecule has 3 heterocycles. The molecular weight excluding hydrogens is 449 g/mol. The number of halogens is 5. The molecule has 1 saturated heterocycles. The molecule has 0 spiro atoms. The third-order valence-electron chi connectivity index (χ3n) is 6.33. The number of pyridine rings is 1. The first-order chi connectivity index (χ1) is 15.7. The standard InChI is InChI=1S/C21H22F5N5O2/c22-18(23)10-31-16(19-13-6-12(7-14(13)19)30-1-3-32-4-2-30)8-15(29-31)11-5-17(20(27)28-9-11)33-21(24,25)26/h5,8-9,12-13,18H,1-4,6-7,10H2,(H2,27,28)/t12?,13-/m1/s1. The first kappa shape index (κ1) is 22.1. The lowest BCUT2D eigenvalue weighted by atomic mass is 10.1. The fraction of sp³-hybridized carbons (Fsp3) is 0.524. The van der Waals surface area contributed by atoms with Gasteiger partial charge in [0.1, 0.15) is 6.54 Å². The maximum Gasteiger partial charge on any atom is 0.573 e. The highest BCUT2D eigenvalue weighted by Gasteiger charge is 2.48. The molecule has 2 atom stereocenters. The Kier molecular flexibility index (Phi) is 5.52. The maximum absolute atomic E-state index is 13.2. The summed E-state index contributed by atoms with van der Waals surface area (Å²) in [6.07, 6.45) is -4.52. The zero-order chi connectivity index (χ0) is 23.3. The first-order valence-electron chi connectivity index (χ1n) is 10.6. The molecule has 0 aromatic carbocycles. The van der Waals surface area contributed by atoms with E-state index in [1.54, 1.807) is 6.07 Å². The van der Waals surface area contributed by atoms with Gasteiger partial charge in [-0.3, -0.25) is 9.58 Å². The van der Waals surface area contributed by atoms with Crippen LogP contribution in [0.25, 0.3) is 16.8 Å². The van der Waals surface area contributed by atoms with Crippen LogP contribution in [0.4, 0.5) is 27.8 Å². The fourth-order valence-electron chi connectivity index (χ4n) is 4.85. The normalized spacial score (nSPS) is 23.3. The van der Waals surface area contributed by atoms with Crippen molar-refractivity contribution in [1.82, 2.24) is 19.7 Å². The van der Waals surface area contributed by atoms with Crippen LogP contribution >= 0.6 is 0 Å². The highest BCUT2D eigenvalue weighted by molar-refractivity contribution is 5.87. The third-order valence-corrected chi connectivity index (χ3v) is 6.33. The average molecular weight is 471 g/mol. The SMILES string of the molecule is Nc1ncc(-c2cc(C3=C4CC(N5CCOCC5)C[C@H]43)n(CC(F)F)n2)cc1OC(F)(F)F. The van der Waals surface area contributed by atoms with Gasteiger partial charge in [0.15, 0.2) is 11.6 Å². The average Bonchev–Trinajstić information content (AvgIpc) is 3.09. The zero-order valence-electron chi connectivity index (χ0n) is 17.5. The molecule has 2 fully saturated rings. The predicted molar refractivity (Wildman–Crippen MR) is 108 cm³/mol. The number of hydrogen-bond acceptors (Lipinski definition) is 6. The molecule has 0 bridgehead atoms. The minimum atomic E-state index is -4.94. The molecule has 178 valence electrons. The summed E-state index contributed by atoms with van der Waals surface area (Å²) in [4.78, 5) is 6.15. The van der Waals surface area contributed by atoms with Gasteiger partial charge in [0.05, 0.1) is 24.6 Å². The molecule has 2 N–H and O–H groups in total. The Morgan fingerprint density at radius 3 is 2.61 bits per heavy atom. The van der Waals surface area contributed by atoms with Crippen LogP contribution in [0.2, 0.25) is 0 Å². The van der Waals surface area contributed by atoms with Crippen LogP contribution in [0, 0.1) is 5.92 Å². The number of nitrogens with two attached hydrogens (primary N) is 1. The van der Waals surface area contributed by atoms with Gasteiger partial charge in [0, 0.05) is 36.8 Å². The Morgan fingerprint density at radius 1 is 1.21 bits per heavy atom. The highest BCUT2D eigenvalue weighted by Crippen LogP contribution is 2.58. The van der Waals surface area contributed by atoms with E-state index < -0.39 is 30.9 Å². The van der Waals surface area contributed by atoms with Crippen LogP contribution in [-0.4, -0.2) is 64.8 Å². The lowest BCUT2D eigenvalue weighted by Crippen LogP contribution is -2.42. The number of nitrogens with zero attached hydrogens (tertiary/aromatic N) is 4. The van der Waals surface area contributed by atoms with E-state index in [2.05, 4.69) is 19.7 Å². The Morgan fingerprint density at radius 2 is 1.97 bits per heavy atom. The molecule has 0 radical (unpaired) electrons. The Labute approximate surface area is 186 Å². The summed E-state index contributed by atoms with van der Waals surface area (Å²) in [5.41, 5.74) is 8.73. The minimum Gasteiger partial charge on any atom is -0.402 e. The van der Waals surface area contributed by atoms with E-state index >= 15 is 0 Å². The van der Waals surface area contributed by atoms with Crippen LogP contribution < -0.4 is 10.5 Å². The van der Waals surface area contributed by atoms with Crippen molar-refractivity contribution < 1.29 is 31.4 Å². The van der Waals surface area contributed by atoms with E-state index in [0.717, 1.165) is 37.6 Å². The van der Waals surface area contributed by atoms with Gasteiger partial charge in [0.25, 0.3) is 6.43 Å². The number of allylic oxidation sites excluding steroid dienone is 1. The summed E-state index contributed by atoms with van der Waals surface area (Å²) < 4.78 is 75.0. The molecule has 5 rings (SSSR count). The number of morpholine rings is 1. The quantitative estimate of drug-likeness (QED) is 0.650. The molecule has 2 aliphatic carbocycles. The number of ether oxygens (including phenoxy) is 2. The molecule has 1 saturated carbocycles. The van der Waals surface area contributed by atoms with Gasteiger partial charge in [-0.15, -0.1) is 13.2 Å².